The average molecular weight is 254 g/mol. The maximum absolute atomic E-state index is 6.39. The summed E-state index contributed by atoms with van der Waals surface area (Å²) in [5, 5.41) is 0. The summed E-state index contributed by atoms with van der Waals surface area (Å²) in [7, 11) is 0. The molecule has 1 saturated heterocycles. The molecular formula is C15H30N2O. The second-order valence-corrected chi connectivity index (χ2v) is 6.58. The minimum Gasteiger partial charge on any atom is -0.377 e. The molecular weight excluding hydrogens is 224 g/mol. The Hall–Kier alpha value is -0.120. The SMILES string of the molecule is CC1CN(C2CC(C(C)C)CCC2N)CCCO1. The van der Waals surface area contributed by atoms with Crippen LogP contribution in [0.2, 0.25) is 0 Å². The molecule has 4 unspecified atom stereocenters. The van der Waals surface area contributed by atoms with E-state index >= 15 is 0 Å². The van der Waals surface area contributed by atoms with Crippen LogP contribution in [0.5, 0.6) is 0 Å². The van der Waals surface area contributed by atoms with Crippen molar-refractivity contribution in [3.63, 3.8) is 0 Å². The van der Waals surface area contributed by atoms with Crippen LogP contribution in [0.1, 0.15) is 46.5 Å². The van der Waals surface area contributed by atoms with Crippen LogP contribution in [-0.2, 0) is 4.74 Å². The molecule has 0 aromatic heterocycles. The third-order valence-corrected chi connectivity index (χ3v) is 4.80. The van der Waals surface area contributed by atoms with Gasteiger partial charge in [-0.2, -0.15) is 0 Å². The van der Waals surface area contributed by atoms with Crippen molar-refractivity contribution in [2.24, 2.45) is 17.6 Å². The van der Waals surface area contributed by atoms with Crippen LogP contribution in [-0.4, -0.2) is 42.8 Å². The van der Waals surface area contributed by atoms with E-state index in [1.165, 1.54) is 19.3 Å². The molecule has 3 heteroatoms. The van der Waals surface area contributed by atoms with E-state index in [0.717, 1.165) is 38.0 Å². The lowest BCUT2D eigenvalue weighted by atomic mass is 9.76. The van der Waals surface area contributed by atoms with Gasteiger partial charge in [-0.25, -0.2) is 0 Å². The predicted molar refractivity (Wildman–Crippen MR) is 75.5 cm³/mol. The quantitative estimate of drug-likeness (QED) is 0.821. The first-order valence-electron chi connectivity index (χ1n) is 7.69. The highest BCUT2D eigenvalue weighted by Gasteiger charge is 2.34. The van der Waals surface area contributed by atoms with E-state index in [1.807, 2.05) is 0 Å². The molecule has 2 rings (SSSR count). The highest BCUT2D eigenvalue weighted by atomic mass is 16.5. The monoisotopic (exact) mass is 254 g/mol. The molecule has 0 amide bonds. The standard InChI is InChI=1S/C15H30N2O/c1-11(2)13-5-6-14(16)15(9-13)17-7-4-8-18-12(3)10-17/h11-15H,4-10,16H2,1-3H3. The van der Waals surface area contributed by atoms with Gasteiger partial charge in [0.25, 0.3) is 0 Å². The van der Waals surface area contributed by atoms with Gasteiger partial charge in [0, 0.05) is 31.8 Å². The Morgan fingerprint density at radius 1 is 1.28 bits per heavy atom. The summed E-state index contributed by atoms with van der Waals surface area (Å²) in [6.45, 7) is 10.0. The molecule has 1 aliphatic carbocycles. The highest BCUT2D eigenvalue weighted by molar-refractivity contribution is 4.91. The first-order valence-corrected chi connectivity index (χ1v) is 7.69. The molecule has 0 aromatic rings. The summed E-state index contributed by atoms with van der Waals surface area (Å²) in [5.74, 6) is 1.65. The third-order valence-electron chi connectivity index (χ3n) is 4.80. The van der Waals surface area contributed by atoms with Crippen molar-refractivity contribution in [1.29, 1.82) is 0 Å². The van der Waals surface area contributed by atoms with E-state index in [-0.39, 0.29) is 0 Å². The zero-order valence-electron chi connectivity index (χ0n) is 12.3. The van der Waals surface area contributed by atoms with Gasteiger partial charge in [-0.15, -0.1) is 0 Å². The average Bonchev–Trinajstić information content (AvgIpc) is 2.54. The molecule has 0 spiro atoms. The number of nitrogens with two attached hydrogens (primary N) is 1. The molecule has 1 aliphatic heterocycles. The van der Waals surface area contributed by atoms with Crippen molar-refractivity contribution in [2.45, 2.75) is 64.6 Å². The molecule has 0 aromatic carbocycles. The van der Waals surface area contributed by atoms with Gasteiger partial charge in [-0.3, -0.25) is 4.90 Å². The summed E-state index contributed by atoms with van der Waals surface area (Å²) in [6, 6.07) is 0.945. The van der Waals surface area contributed by atoms with Gasteiger partial charge in [-0.1, -0.05) is 13.8 Å². The second-order valence-electron chi connectivity index (χ2n) is 6.58. The lowest BCUT2D eigenvalue weighted by molar-refractivity contribution is 0.0448. The second kappa shape index (κ2) is 6.36. The van der Waals surface area contributed by atoms with Crippen molar-refractivity contribution < 1.29 is 4.74 Å². The molecule has 0 bridgehead atoms. The van der Waals surface area contributed by atoms with Gasteiger partial charge in [0.15, 0.2) is 0 Å². The molecule has 106 valence electrons. The van der Waals surface area contributed by atoms with E-state index < -0.39 is 0 Å². The van der Waals surface area contributed by atoms with Gasteiger partial charge in [0.1, 0.15) is 0 Å². The van der Waals surface area contributed by atoms with E-state index in [4.69, 9.17) is 10.5 Å². The Morgan fingerprint density at radius 2 is 2.06 bits per heavy atom. The van der Waals surface area contributed by atoms with Crippen molar-refractivity contribution in [3.8, 4) is 0 Å². The Labute approximate surface area is 112 Å². The fourth-order valence-corrected chi connectivity index (χ4v) is 3.55. The van der Waals surface area contributed by atoms with E-state index in [0.29, 0.717) is 18.2 Å². The van der Waals surface area contributed by atoms with Crippen LogP contribution in [0.3, 0.4) is 0 Å². The summed E-state index contributed by atoms with van der Waals surface area (Å²) >= 11 is 0. The van der Waals surface area contributed by atoms with Crippen molar-refractivity contribution in [1.82, 2.24) is 4.90 Å². The van der Waals surface area contributed by atoms with Crippen molar-refractivity contribution in [3.05, 3.63) is 0 Å². The normalized spacial score (nSPS) is 39.8. The molecule has 1 saturated carbocycles. The summed E-state index contributed by atoms with van der Waals surface area (Å²) in [5.41, 5.74) is 6.39. The van der Waals surface area contributed by atoms with Crippen LogP contribution in [0.25, 0.3) is 0 Å². The molecule has 2 aliphatic rings. The number of hydrogen-bond acceptors (Lipinski definition) is 3. The zero-order valence-corrected chi connectivity index (χ0v) is 12.3. The lowest BCUT2D eigenvalue weighted by Gasteiger charge is -2.42. The summed E-state index contributed by atoms with van der Waals surface area (Å²) in [6.07, 6.45) is 5.30. The van der Waals surface area contributed by atoms with Crippen LogP contribution in [0.4, 0.5) is 0 Å². The highest BCUT2D eigenvalue weighted by Crippen LogP contribution is 2.32. The van der Waals surface area contributed by atoms with Gasteiger partial charge in [0.2, 0.25) is 0 Å². The number of nitrogens with zero attached hydrogens (tertiary/aromatic N) is 1. The third kappa shape index (κ3) is 3.46. The van der Waals surface area contributed by atoms with Crippen LogP contribution in [0.15, 0.2) is 0 Å². The van der Waals surface area contributed by atoms with Crippen LogP contribution in [0, 0.1) is 11.8 Å². The molecule has 2 N–H and O–H groups in total. The Kier molecular flexibility index (Phi) is 5.05. The maximum Gasteiger partial charge on any atom is 0.0674 e. The summed E-state index contributed by atoms with van der Waals surface area (Å²) in [4.78, 5) is 2.61. The van der Waals surface area contributed by atoms with Gasteiger partial charge >= 0.3 is 0 Å². The number of rotatable bonds is 2. The first kappa shape index (κ1) is 14.3. The van der Waals surface area contributed by atoms with Crippen molar-refractivity contribution >= 4 is 0 Å². The van der Waals surface area contributed by atoms with E-state index in [9.17, 15) is 0 Å². The van der Waals surface area contributed by atoms with Crippen LogP contribution < -0.4 is 5.73 Å². The Morgan fingerprint density at radius 3 is 2.78 bits per heavy atom. The molecule has 18 heavy (non-hydrogen) atoms. The van der Waals surface area contributed by atoms with Crippen LogP contribution >= 0.6 is 0 Å². The van der Waals surface area contributed by atoms with E-state index in [1.54, 1.807) is 0 Å². The number of ether oxygens (including phenoxy) is 1. The summed E-state index contributed by atoms with van der Waals surface area (Å²) < 4.78 is 5.75. The Balaban J connectivity index is 1.99. The number of hydrogen-bond donors (Lipinski definition) is 1. The predicted octanol–water partition coefficient (Wildman–Crippen LogP) is 2.25. The van der Waals surface area contributed by atoms with Crippen molar-refractivity contribution in [2.75, 3.05) is 19.7 Å². The largest absolute Gasteiger partial charge is 0.377 e. The lowest BCUT2D eigenvalue weighted by Crippen LogP contribution is -2.53. The topological polar surface area (TPSA) is 38.5 Å². The fraction of sp³-hybridized carbons (Fsp3) is 1.00. The zero-order chi connectivity index (χ0) is 13.1. The Bertz CT molecular complexity index is 257. The molecule has 1 heterocycles. The maximum atomic E-state index is 6.39. The fourth-order valence-electron chi connectivity index (χ4n) is 3.55. The van der Waals surface area contributed by atoms with E-state index in [2.05, 4.69) is 25.7 Å². The molecule has 4 atom stereocenters. The van der Waals surface area contributed by atoms with Gasteiger partial charge in [0.05, 0.1) is 6.10 Å². The molecule has 3 nitrogen and oxygen atoms in total. The van der Waals surface area contributed by atoms with Gasteiger partial charge < -0.3 is 10.5 Å². The van der Waals surface area contributed by atoms with Gasteiger partial charge in [-0.05, 0) is 44.4 Å². The molecule has 0 radical (unpaired) electrons. The smallest absolute Gasteiger partial charge is 0.0674 e. The molecule has 2 fully saturated rings. The first-order chi connectivity index (χ1) is 8.58. The minimum absolute atomic E-state index is 0.360. The minimum atomic E-state index is 0.360.